The van der Waals surface area contributed by atoms with Gasteiger partial charge in [-0.3, -0.25) is 14.5 Å². The van der Waals surface area contributed by atoms with Gasteiger partial charge in [0.25, 0.3) is 0 Å². The maximum atomic E-state index is 12.8. The zero-order chi connectivity index (χ0) is 20.7. The van der Waals surface area contributed by atoms with Crippen molar-refractivity contribution in [2.75, 3.05) is 47.8 Å². The number of nitrogens with one attached hydrogen (secondary N) is 2. The Morgan fingerprint density at radius 2 is 1.93 bits per heavy atom. The Labute approximate surface area is 192 Å². The first-order valence-corrected chi connectivity index (χ1v) is 10.2. The molecule has 0 saturated heterocycles. The van der Waals surface area contributed by atoms with Crippen LogP contribution in [0.4, 0.5) is 0 Å². The number of nitrogens with zero attached hydrogens (tertiary/aromatic N) is 5. The summed E-state index contributed by atoms with van der Waals surface area (Å²) >= 11 is 0. The van der Waals surface area contributed by atoms with Crippen LogP contribution in [0.1, 0.15) is 44.2 Å². The van der Waals surface area contributed by atoms with Crippen molar-refractivity contribution in [3.05, 3.63) is 18.0 Å². The van der Waals surface area contributed by atoms with E-state index in [2.05, 4.69) is 41.7 Å². The number of carbonyl (C=O) groups is 1. The zero-order valence-corrected chi connectivity index (χ0v) is 21.1. The predicted molar refractivity (Wildman–Crippen MR) is 129 cm³/mol. The highest BCUT2D eigenvalue weighted by Crippen LogP contribution is 2.39. The number of halogens is 1. The van der Waals surface area contributed by atoms with E-state index in [9.17, 15) is 4.79 Å². The second-order valence-corrected chi connectivity index (χ2v) is 8.19. The van der Waals surface area contributed by atoms with E-state index in [0.717, 1.165) is 43.8 Å². The molecule has 1 fully saturated rings. The molecule has 1 atom stereocenters. The van der Waals surface area contributed by atoms with Crippen molar-refractivity contribution in [3.63, 3.8) is 0 Å². The van der Waals surface area contributed by atoms with Crippen LogP contribution in [0.15, 0.2) is 17.4 Å². The number of aliphatic imine (C=N–C) groups is 1. The monoisotopic (exact) mass is 519 g/mol. The van der Waals surface area contributed by atoms with Gasteiger partial charge in [-0.05, 0) is 33.9 Å². The first-order valence-electron chi connectivity index (χ1n) is 10.2. The van der Waals surface area contributed by atoms with Crippen LogP contribution in [0.25, 0.3) is 0 Å². The molecule has 0 bridgehead atoms. The maximum Gasteiger partial charge on any atom is 0.230 e. The number of aromatic nitrogens is 2. The molecule has 0 aliphatic heterocycles. The third kappa shape index (κ3) is 6.84. The molecule has 0 radical (unpaired) electrons. The number of hydrogen-bond acceptors (Lipinski definition) is 4. The van der Waals surface area contributed by atoms with E-state index in [1.807, 2.05) is 38.2 Å². The molecule has 1 saturated carbocycles. The Bertz CT molecular complexity index is 666. The molecule has 166 valence electrons. The van der Waals surface area contributed by atoms with Crippen LogP contribution < -0.4 is 10.6 Å². The minimum Gasteiger partial charge on any atom is -0.357 e. The van der Waals surface area contributed by atoms with Crippen molar-refractivity contribution in [1.29, 1.82) is 0 Å². The molecule has 1 aromatic rings. The molecule has 1 amide bonds. The average molecular weight is 519 g/mol. The van der Waals surface area contributed by atoms with Crippen molar-refractivity contribution in [1.82, 2.24) is 30.2 Å². The van der Waals surface area contributed by atoms with Gasteiger partial charge < -0.3 is 20.4 Å². The quantitative estimate of drug-likeness (QED) is 0.312. The number of likely N-dealkylation sites (N-methyl/N-ethyl adjacent to an activating group) is 1. The van der Waals surface area contributed by atoms with Crippen molar-refractivity contribution < 1.29 is 4.79 Å². The van der Waals surface area contributed by atoms with Gasteiger partial charge in [0.15, 0.2) is 5.96 Å². The summed E-state index contributed by atoms with van der Waals surface area (Å²) < 4.78 is 1.82. The number of guanidine groups is 1. The van der Waals surface area contributed by atoms with E-state index < -0.39 is 0 Å². The lowest BCUT2D eigenvalue weighted by Crippen LogP contribution is -2.44. The molecule has 1 aliphatic carbocycles. The van der Waals surface area contributed by atoms with Gasteiger partial charge in [-0.2, -0.15) is 5.10 Å². The highest BCUT2D eigenvalue weighted by Gasteiger charge is 2.42. The molecule has 2 N–H and O–H groups in total. The van der Waals surface area contributed by atoms with Crippen LogP contribution in [0.3, 0.4) is 0 Å². The smallest absolute Gasteiger partial charge is 0.230 e. The average Bonchev–Trinajstić information content (AvgIpc) is 3.28. The third-order valence-corrected chi connectivity index (χ3v) is 5.50. The standard InChI is InChI=1S/C20H37N7O.HI/c1-7-21-19(22-13-17(25(2)3)16-12-24-27(6)14-16)23-15-20(10-8-9-11-20)18(28)26(4)5;/h12,14,17H,7-11,13,15H2,1-6H3,(H2,21,22,23);1H. The van der Waals surface area contributed by atoms with Crippen LogP contribution in [0.2, 0.25) is 0 Å². The van der Waals surface area contributed by atoms with Crippen molar-refractivity contribution >= 4 is 35.8 Å². The van der Waals surface area contributed by atoms with Crippen LogP contribution in [-0.2, 0) is 11.8 Å². The Morgan fingerprint density at radius 3 is 2.41 bits per heavy atom. The number of carbonyl (C=O) groups excluding carboxylic acids is 1. The summed E-state index contributed by atoms with van der Waals surface area (Å²) in [6.45, 7) is 4.07. The molecule has 0 spiro atoms. The summed E-state index contributed by atoms with van der Waals surface area (Å²) in [5.74, 6) is 0.960. The third-order valence-electron chi connectivity index (χ3n) is 5.50. The van der Waals surface area contributed by atoms with Crippen LogP contribution >= 0.6 is 24.0 Å². The molecule has 9 heteroatoms. The fraction of sp³-hybridized carbons (Fsp3) is 0.750. The van der Waals surface area contributed by atoms with Gasteiger partial charge in [0.1, 0.15) is 0 Å². The maximum absolute atomic E-state index is 12.8. The van der Waals surface area contributed by atoms with Crippen LogP contribution in [0.5, 0.6) is 0 Å². The lowest BCUT2D eigenvalue weighted by Gasteiger charge is -2.29. The number of hydrogen-bond donors (Lipinski definition) is 2. The highest BCUT2D eigenvalue weighted by molar-refractivity contribution is 14.0. The second-order valence-electron chi connectivity index (χ2n) is 8.19. The van der Waals surface area contributed by atoms with E-state index in [1.54, 1.807) is 4.90 Å². The lowest BCUT2D eigenvalue weighted by atomic mass is 9.85. The minimum absolute atomic E-state index is 0. The van der Waals surface area contributed by atoms with Gasteiger partial charge in [0.2, 0.25) is 5.91 Å². The first-order chi connectivity index (χ1) is 13.3. The summed E-state index contributed by atoms with van der Waals surface area (Å²) in [5, 5.41) is 11.1. The Balaban J connectivity index is 0.00000420. The van der Waals surface area contributed by atoms with Gasteiger partial charge >= 0.3 is 0 Å². The molecule has 2 rings (SSSR count). The Kier molecular flexibility index (Phi) is 10.4. The van der Waals surface area contributed by atoms with Crippen LogP contribution in [-0.4, -0.2) is 79.3 Å². The molecule has 0 aromatic carbocycles. The van der Waals surface area contributed by atoms with E-state index in [0.29, 0.717) is 13.1 Å². The number of rotatable bonds is 8. The largest absolute Gasteiger partial charge is 0.357 e. The van der Waals surface area contributed by atoms with Gasteiger partial charge in [0, 0.05) is 46.0 Å². The zero-order valence-electron chi connectivity index (χ0n) is 18.7. The van der Waals surface area contributed by atoms with Gasteiger partial charge in [-0.25, -0.2) is 0 Å². The molecule has 1 unspecified atom stereocenters. The molecule has 29 heavy (non-hydrogen) atoms. The molecular weight excluding hydrogens is 481 g/mol. The number of amides is 1. The van der Waals surface area contributed by atoms with Crippen molar-refractivity contribution in [2.24, 2.45) is 17.5 Å². The summed E-state index contributed by atoms with van der Waals surface area (Å²) in [5.41, 5.74) is 0.807. The normalized spacial score (nSPS) is 17.0. The van der Waals surface area contributed by atoms with Crippen LogP contribution in [0, 0.1) is 5.41 Å². The predicted octanol–water partition coefficient (Wildman–Crippen LogP) is 1.84. The molecule has 1 aromatic heterocycles. The Morgan fingerprint density at radius 1 is 1.28 bits per heavy atom. The summed E-state index contributed by atoms with van der Waals surface area (Å²) in [4.78, 5) is 21.5. The minimum atomic E-state index is -0.351. The number of aryl methyl sites for hydroxylation is 1. The fourth-order valence-electron chi connectivity index (χ4n) is 3.94. The van der Waals surface area contributed by atoms with E-state index >= 15 is 0 Å². The summed E-state index contributed by atoms with van der Waals surface area (Å²) in [7, 11) is 9.73. The van der Waals surface area contributed by atoms with E-state index in [4.69, 9.17) is 4.99 Å². The molecule has 1 aliphatic rings. The van der Waals surface area contributed by atoms with Gasteiger partial charge in [-0.15, -0.1) is 24.0 Å². The van der Waals surface area contributed by atoms with Crippen molar-refractivity contribution in [2.45, 2.75) is 38.6 Å². The SMILES string of the molecule is CCNC(=NCC1(C(=O)N(C)C)CCCC1)NCC(c1cnn(C)c1)N(C)C.I. The molecule has 8 nitrogen and oxygen atoms in total. The van der Waals surface area contributed by atoms with Crippen molar-refractivity contribution in [3.8, 4) is 0 Å². The highest BCUT2D eigenvalue weighted by atomic mass is 127. The second kappa shape index (κ2) is 11.7. The molecule has 1 heterocycles. The van der Waals surface area contributed by atoms with E-state index in [1.165, 1.54) is 0 Å². The van der Waals surface area contributed by atoms with Gasteiger partial charge in [-0.1, -0.05) is 12.8 Å². The topological polar surface area (TPSA) is 77.8 Å². The van der Waals surface area contributed by atoms with Gasteiger partial charge in [0.05, 0.1) is 24.2 Å². The van der Waals surface area contributed by atoms with E-state index in [-0.39, 0.29) is 41.3 Å². The summed E-state index contributed by atoms with van der Waals surface area (Å²) in [6, 6.07) is 0.182. The summed E-state index contributed by atoms with van der Waals surface area (Å²) in [6.07, 6.45) is 7.98. The first kappa shape index (κ1) is 25.7. The molecular formula is C20H38IN7O. The lowest BCUT2D eigenvalue weighted by molar-refractivity contribution is -0.138. The fourth-order valence-corrected chi connectivity index (χ4v) is 3.94. The Hall–Kier alpha value is -1.36.